The molecule has 1 heterocycles. The zero-order valence-corrected chi connectivity index (χ0v) is 12.6. The number of ether oxygens (including phenoxy) is 1. The number of likely N-dealkylation sites (N-methyl/N-ethyl adjacent to an activating group) is 1. The number of nitrogens with zero attached hydrogens (tertiary/aromatic N) is 1. The molecule has 1 aromatic carbocycles. The second-order valence-corrected chi connectivity index (χ2v) is 5.22. The van der Waals surface area contributed by atoms with Crippen LogP contribution < -0.4 is 10.1 Å². The van der Waals surface area contributed by atoms with Crippen LogP contribution in [0.1, 0.15) is 37.3 Å². The third-order valence-electron chi connectivity index (χ3n) is 3.84. The van der Waals surface area contributed by atoms with Crippen LogP contribution in [0.15, 0.2) is 24.3 Å². The number of nitrogens with one attached hydrogen (secondary N) is 1. The summed E-state index contributed by atoms with van der Waals surface area (Å²) in [6, 6.07) is 7.58. The van der Waals surface area contributed by atoms with Crippen LogP contribution in [0.5, 0.6) is 5.75 Å². The van der Waals surface area contributed by atoms with Crippen LogP contribution in [0.3, 0.4) is 0 Å². The van der Waals surface area contributed by atoms with Crippen molar-refractivity contribution >= 4 is 11.8 Å². The minimum Gasteiger partial charge on any atom is -0.497 e. The fourth-order valence-electron chi connectivity index (χ4n) is 2.57. The summed E-state index contributed by atoms with van der Waals surface area (Å²) in [6.45, 7) is 0.362. The van der Waals surface area contributed by atoms with Crippen molar-refractivity contribution in [3.05, 3.63) is 29.8 Å². The van der Waals surface area contributed by atoms with Crippen LogP contribution >= 0.6 is 0 Å². The number of rotatable bonds is 5. The van der Waals surface area contributed by atoms with Gasteiger partial charge in [-0.15, -0.1) is 0 Å². The first-order chi connectivity index (χ1) is 10.2. The van der Waals surface area contributed by atoms with Crippen molar-refractivity contribution in [1.29, 1.82) is 0 Å². The number of benzene rings is 1. The second-order valence-electron chi connectivity index (χ2n) is 5.22. The Morgan fingerprint density at radius 3 is 2.48 bits per heavy atom. The van der Waals surface area contributed by atoms with Crippen LogP contribution in [-0.2, 0) is 9.59 Å². The maximum Gasteiger partial charge on any atom is 0.229 e. The number of imide groups is 1. The van der Waals surface area contributed by atoms with Crippen LogP contribution in [0.25, 0.3) is 0 Å². The molecule has 21 heavy (non-hydrogen) atoms. The van der Waals surface area contributed by atoms with E-state index in [4.69, 9.17) is 4.74 Å². The summed E-state index contributed by atoms with van der Waals surface area (Å²) < 4.78 is 5.23. The average molecular weight is 290 g/mol. The molecule has 1 fully saturated rings. The fraction of sp³-hybridized carbons (Fsp3) is 0.500. The number of hydrogen-bond donors (Lipinski definition) is 1. The molecule has 2 rings (SSSR count). The molecule has 0 aliphatic carbocycles. The summed E-state index contributed by atoms with van der Waals surface area (Å²) in [5.41, 5.74) is 1.00. The SMILES string of the molecule is CNC(CN1C(=O)CCCCC1=O)c1cccc(OC)c1. The highest BCUT2D eigenvalue weighted by molar-refractivity contribution is 5.96. The highest BCUT2D eigenvalue weighted by Gasteiger charge is 2.26. The van der Waals surface area contributed by atoms with Gasteiger partial charge in [-0.05, 0) is 37.6 Å². The zero-order valence-electron chi connectivity index (χ0n) is 12.6. The molecule has 1 saturated heterocycles. The smallest absolute Gasteiger partial charge is 0.229 e. The van der Waals surface area contributed by atoms with Crippen molar-refractivity contribution in [3.8, 4) is 5.75 Å². The van der Waals surface area contributed by atoms with E-state index in [2.05, 4.69) is 5.32 Å². The van der Waals surface area contributed by atoms with Gasteiger partial charge in [0, 0.05) is 19.4 Å². The van der Waals surface area contributed by atoms with Crippen LogP contribution in [0.4, 0.5) is 0 Å². The van der Waals surface area contributed by atoms with Crippen molar-refractivity contribution in [2.75, 3.05) is 20.7 Å². The Kier molecular flexibility index (Phi) is 5.33. The Balaban J connectivity index is 2.16. The molecule has 5 heteroatoms. The first-order valence-corrected chi connectivity index (χ1v) is 7.30. The summed E-state index contributed by atoms with van der Waals surface area (Å²) in [4.78, 5) is 25.6. The Morgan fingerprint density at radius 1 is 1.24 bits per heavy atom. The Bertz CT molecular complexity index is 498. The van der Waals surface area contributed by atoms with E-state index in [9.17, 15) is 9.59 Å². The zero-order chi connectivity index (χ0) is 15.2. The van der Waals surface area contributed by atoms with Crippen LogP contribution in [-0.4, -0.2) is 37.4 Å². The van der Waals surface area contributed by atoms with E-state index in [1.165, 1.54) is 4.90 Å². The number of methoxy groups -OCH3 is 1. The lowest BCUT2D eigenvalue weighted by Crippen LogP contribution is -2.41. The molecular weight excluding hydrogens is 268 g/mol. The third kappa shape index (κ3) is 3.82. The van der Waals surface area contributed by atoms with Crippen LogP contribution in [0, 0.1) is 0 Å². The number of likely N-dealkylation sites (tertiary alicyclic amines) is 1. The van der Waals surface area contributed by atoms with Gasteiger partial charge < -0.3 is 10.1 Å². The van der Waals surface area contributed by atoms with Crippen molar-refractivity contribution < 1.29 is 14.3 Å². The molecule has 0 saturated carbocycles. The van der Waals surface area contributed by atoms with Gasteiger partial charge in [0.2, 0.25) is 11.8 Å². The molecule has 1 atom stereocenters. The highest BCUT2D eigenvalue weighted by Crippen LogP contribution is 2.22. The first-order valence-electron chi connectivity index (χ1n) is 7.30. The molecular formula is C16H22N2O3. The van der Waals surface area contributed by atoms with E-state index in [-0.39, 0.29) is 17.9 Å². The van der Waals surface area contributed by atoms with Gasteiger partial charge in [-0.2, -0.15) is 0 Å². The van der Waals surface area contributed by atoms with E-state index >= 15 is 0 Å². The predicted molar refractivity (Wildman–Crippen MR) is 80.0 cm³/mol. The van der Waals surface area contributed by atoms with Crippen molar-refractivity contribution in [2.45, 2.75) is 31.7 Å². The normalized spacial score (nSPS) is 17.5. The summed E-state index contributed by atoms with van der Waals surface area (Å²) in [7, 11) is 3.45. The molecule has 114 valence electrons. The molecule has 5 nitrogen and oxygen atoms in total. The molecule has 1 unspecified atom stereocenters. The van der Waals surface area contributed by atoms with E-state index in [1.807, 2.05) is 31.3 Å². The van der Waals surface area contributed by atoms with E-state index < -0.39 is 0 Å². The van der Waals surface area contributed by atoms with Crippen LogP contribution in [0.2, 0.25) is 0 Å². The monoisotopic (exact) mass is 290 g/mol. The fourth-order valence-corrected chi connectivity index (χ4v) is 2.57. The van der Waals surface area contributed by atoms with Gasteiger partial charge in [0.15, 0.2) is 0 Å². The van der Waals surface area contributed by atoms with Gasteiger partial charge in [0.05, 0.1) is 13.2 Å². The molecule has 0 radical (unpaired) electrons. The summed E-state index contributed by atoms with van der Waals surface area (Å²) in [5.74, 6) is 0.627. The van der Waals surface area contributed by atoms with Gasteiger partial charge in [0.25, 0.3) is 0 Å². The maximum atomic E-state index is 12.1. The van der Waals surface area contributed by atoms with E-state index in [0.29, 0.717) is 19.4 Å². The molecule has 1 aliphatic rings. The largest absolute Gasteiger partial charge is 0.497 e. The lowest BCUT2D eigenvalue weighted by atomic mass is 10.1. The molecule has 0 aromatic heterocycles. The Hall–Kier alpha value is -1.88. The first kappa shape index (κ1) is 15.5. The maximum absolute atomic E-state index is 12.1. The van der Waals surface area contributed by atoms with Gasteiger partial charge >= 0.3 is 0 Å². The minimum atomic E-state index is -0.0916. The molecule has 1 aliphatic heterocycles. The topological polar surface area (TPSA) is 58.6 Å². The lowest BCUT2D eigenvalue weighted by Gasteiger charge is -2.25. The molecule has 2 amide bonds. The second kappa shape index (κ2) is 7.22. The average Bonchev–Trinajstić information content (AvgIpc) is 2.66. The van der Waals surface area contributed by atoms with Gasteiger partial charge in [-0.1, -0.05) is 12.1 Å². The number of amides is 2. The van der Waals surface area contributed by atoms with Gasteiger partial charge in [-0.3, -0.25) is 14.5 Å². The van der Waals surface area contributed by atoms with Crippen molar-refractivity contribution in [1.82, 2.24) is 10.2 Å². The van der Waals surface area contributed by atoms with E-state index in [0.717, 1.165) is 24.2 Å². The summed E-state index contributed by atoms with van der Waals surface area (Å²) in [5, 5.41) is 3.18. The summed E-state index contributed by atoms with van der Waals surface area (Å²) in [6.07, 6.45) is 2.51. The molecule has 1 aromatic rings. The Labute approximate surface area is 125 Å². The quantitative estimate of drug-likeness (QED) is 0.841. The molecule has 1 N–H and O–H groups in total. The number of hydrogen-bond acceptors (Lipinski definition) is 4. The molecule has 0 spiro atoms. The van der Waals surface area contributed by atoms with Gasteiger partial charge in [-0.25, -0.2) is 0 Å². The minimum absolute atomic E-state index is 0.0688. The highest BCUT2D eigenvalue weighted by atomic mass is 16.5. The van der Waals surface area contributed by atoms with Crippen molar-refractivity contribution in [2.24, 2.45) is 0 Å². The van der Waals surface area contributed by atoms with Gasteiger partial charge in [0.1, 0.15) is 5.75 Å². The number of carbonyl (C=O) groups is 2. The number of carbonyl (C=O) groups excluding carboxylic acids is 2. The summed E-state index contributed by atoms with van der Waals surface area (Å²) >= 11 is 0. The Morgan fingerprint density at radius 2 is 1.90 bits per heavy atom. The molecule has 0 bridgehead atoms. The third-order valence-corrected chi connectivity index (χ3v) is 3.84. The van der Waals surface area contributed by atoms with Crippen molar-refractivity contribution in [3.63, 3.8) is 0 Å². The predicted octanol–water partition coefficient (Wildman–Crippen LogP) is 1.88. The standard InChI is InChI=1S/C16H22N2O3/c1-17-14(12-6-5-7-13(10-12)21-2)11-18-15(19)8-3-4-9-16(18)20/h5-7,10,14,17H,3-4,8-9,11H2,1-2H3. The van der Waals surface area contributed by atoms with E-state index in [1.54, 1.807) is 7.11 Å². The lowest BCUT2D eigenvalue weighted by molar-refractivity contribution is -0.144.